The molecule has 2 aromatic carbocycles. The minimum atomic E-state index is -0.243. The van der Waals surface area contributed by atoms with Crippen molar-refractivity contribution >= 4 is 23.4 Å². The van der Waals surface area contributed by atoms with E-state index in [4.69, 9.17) is 21.1 Å². The predicted octanol–water partition coefficient (Wildman–Crippen LogP) is 2.37. The molecule has 0 unspecified atom stereocenters. The molecule has 2 amide bonds. The first kappa shape index (κ1) is 20.6. The maximum absolute atomic E-state index is 12.0. The lowest BCUT2D eigenvalue weighted by molar-refractivity contribution is -0.125. The van der Waals surface area contributed by atoms with Crippen LogP contribution in [0.1, 0.15) is 11.1 Å². The van der Waals surface area contributed by atoms with Crippen LogP contribution in [0.3, 0.4) is 0 Å². The number of halogens is 1. The highest BCUT2D eigenvalue weighted by Crippen LogP contribution is 2.27. The maximum Gasteiger partial charge on any atom is 0.239 e. The first-order chi connectivity index (χ1) is 13.0. The highest BCUT2D eigenvalue weighted by molar-refractivity contribution is 6.30. The fourth-order valence-corrected chi connectivity index (χ4v) is 2.73. The SMILES string of the molecule is COc1ccc(CC(=O)NCC(=O)NCCc2cccc(Cl)c2)cc1OC. The Morgan fingerprint density at radius 1 is 0.926 bits per heavy atom. The number of ether oxygens (including phenoxy) is 2. The molecule has 0 aliphatic heterocycles. The Labute approximate surface area is 163 Å². The van der Waals surface area contributed by atoms with E-state index in [-0.39, 0.29) is 24.8 Å². The normalized spacial score (nSPS) is 10.2. The van der Waals surface area contributed by atoms with Crippen molar-refractivity contribution in [2.75, 3.05) is 27.3 Å². The number of carbonyl (C=O) groups is 2. The summed E-state index contributed by atoms with van der Waals surface area (Å²) in [6.45, 7) is 0.409. The molecule has 0 aromatic heterocycles. The van der Waals surface area contributed by atoms with Gasteiger partial charge in [-0.25, -0.2) is 0 Å². The molecule has 0 fully saturated rings. The van der Waals surface area contributed by atoms with E-state index in [1.807, 2.05) is 18.2 Å². The number of nitrogens with one attached hydrogen (secondary N) is 2. The molecule has 2 N–H and O–H groups in total. The Bertz CT molecular complexity index is 795. The van der Waals surface area contributed by atoms with E-state index in [1.54, 1.807) is 31.4 Å². The van der Waals surface area contributed by atoms with Crippen molar-refractivity contribution in [2.45, 2.75) is 12.8 Å². The van der Waals surface area contributed by atoms with Crippen molar-refractivity contribution in [1.82, 2.24) is 10.6 Å². The molecule has 27 heavy (non-hydrogen) atoms. The van der Waals surface area contributed by atoms with Gasteiger partial charge in [0.05, 0.1) is 27.2 Å². The van der Waals surface area contributed by atoms with Gasteiger partial charge in [0.2, 0.25) is 11.8 Å². The number of amides is 2. The second-order valence-electron chi connectivity index (χ2n) is 5.87. The molecule has 144 valence electrons. The molecule has 2 rings (SSSR count). The van der Waals surface area contributed by atoms with Crippen LogP contribution < -0.4 is 20.1 Å². The van der Waals surface area contributed by atoms with Gasteiger partial charge in [-0.3, -0.25) is 9.59 Å². The van der Waals surface area contributed by atoms with Crippen LogP contribution in [-0.2, 0) is 22.4 Å². The van der Waals surface area contributed by atoms with Crippen LogP contribution in [0.2, 0.25) is 5.02 Å². The number of benzene rings is 2. The van der Waals surface area contributed by atoms with Crippen LogP contribution in [0.15, 0.2) is 42.5 Å². The van der Waals surface area contributed by atoms with Gasteiger partial charge in [0.15, 0.2) is 11.5 Å². The summed E-state index contributed by atoms with van der Waals surface area (Å²) >= 11 is 5.92. The van der Waals surface area contributed by atoms with E-state index >= 15 is 0 Å². The van der Waals surface area contributed by atoms with E-state index in [2.05, 4.69) is 10.6 Å². The smallest absolute Gasteiger partial charge is 0.239 e. The lowest BCUT2D eigenvalue weighted by Crippen LogP contribution is -2.38. The summed E-state index contributed by atoms with van der Waals surface area (Å²) in [5.41, 5.74) is 1.81. The lowest BCUT2D eigenvalue weighted by atomic mass is 10.1. The van der Waals surface area contributed by atoms with Gasteiger partial charge in [0.1, 0.15) is 0 Å². The van der Waals surface area contributed by atoms with Crippen molar-refractivity contribution < 1.29 is 19.1 Å². The molecule has 0 radical (unpaired) electrons. The molecule has 0 atom stereocenters. The van der Waals surface area contributed by atoms with E-state index < -0.39 is 0 Å². The van der Waals surface area contributed by atoms with Crippen molar-refractivity contribution in [3.05, 3.63) is 58.6 Å². The van der Waals surface area contributed by atoms with Gasteiger partial charge < -0.3 is 20.1 Å². The van der Waals surface area contributed by atoms with Crippen molar-refractivity contribution in [2.24, 2.45) is 0 Å². The van der Waals surface area contributed by atoms with Crippen molar-refractivity contribution in [3.63, 3.8) is 0 Å². The molecule has 6 nitrogen and oxygen atoms in total. The van der Waals surface area contributed by atoms with Gasteiger partial charge >= 0.3 is 0 Å². The molecule has 0 aliphatic carbocycles. The second kappa shape index (κ2) is 10.4. The number of methoxy groups -OCH3 is 2. The molecular formula is C20H23ClN2O4. The molecular weight excluding hydrogens is 368 g/mol. The van der Waals surface area contributed by atoms with E-state index in [1.165, 1.54) is 7.11 Å². The zero-order valence-electron chi connectivity index (χ0n) is 15.4. The minimum absolute atomic E-state index is 0.0678. The summed E-state index contributed by atoms with van der Waals surface area (Å²) in [6.07, 6.45) is 0.821. The summed E-state index contributed by atoms with van der Waals surface area (Å²) in [6, 6.07) is 12.7. The predicted molar refractivity (Wildman–Crippen MR) is 104 cm³/mol. The third-order valence-corrected chi connectivity index (χ3v) is 4.12. The largest absolute Gasteiger partial charge is 0.493 e. The number of rotatable bonds is 9. The summed E-state index contributed by atoms with van der Waals surface area (Å²) < 4.78 is 10.4. The van der Waals surface area contributed by atoms with E-state index in [9.17, 15) is 9.59 Å². The molecule has 0 bridgehead atoms. The second-order valence-corrected chi connectivity index (χ2v) is 6.31. The van der Waals surface area contributed by atoms with Gasteiger partial charge in [-0.15, -0.1) is 0 Å². The monoisotopic (exact) mass is 390 g/mol. The van der Waals surface area contributed by atoms with Crippen LogP contribution in [0, 0.1) is 0 Å². The van der Waals surface area contributed by atoms with Gasteiger partial charge in [-0.2, -0.15) is 0 Å². The van der Waals surface area contributed by atoms with Crippen molar-refractivity contribution in [1.29, 1.82) is 0 Å². The highest BCUT2D eigenvalue weighted by atomic mass is 35.5. The quantitative estimate of drug-likeness (QED) is 0.689. The summed E-state index contributed by atoms with van der Waals surface area (Å²) in [4.78, 5) is 23.9. The molecule has 0 aliphatic rings. The zero-order valence-corrected chi connectivity index (χ0v) is 16.1. The standard InChI is InChI=1S/C20H23ClN2O4/c1-26-17-7-6-15(11-18(17)27-2)12-19(24)23-13-20(25)22-9-8-14-4-3-5-16(21)10-14/h3-7,10-11H,8-9,12-13H2,1-2H3,(H,22,25)(H,23,24). The summed E-state index contributed by atoms with van der Waals surface area (Å²) in [7, 11) is 3.09. The first-order valence-corrected chi connectivity index (χ1v) is 8.88. The van der Waals surface area contributed by atoms with Crippen LogP contribution in [0.4, 0.5) is 0 Å². The molecule has 0 heterocycles. The van der Waals surface area contributed by atoms with Gasteiger partial charge in [0.25, 0.3) is 0 Å². The van der Waals surface area contributed by atoms with E-state index in [0.29, 0.717) is 29.5 Å². The molecule has 2 aromatic rings. The summed E-state index contributed by atoms with van der Waals surface area (Å²) in [5.74, 6) is 0.673. The number of carbonyl (C=O) groups excluding carboxylic acids is 2. The average Bonchev–Trinajstić information content (AvgIpc) is 2.66. The summed E-state index contributed by atoms with van der Waals surface area (Å²) in [5, 5.41) is 6.05. The van der Waals surface area contributed by atoms with Gasteiger partial charge in [-0.1, -0.05) is 29.8 Å². The lowest BCUT2D eigenvalue weighted by Gasteiger charge is -2.10. The van der Waals surface area contributed by atoms with Crippen LogP contribution >= 0.6 is 11.6 Å². The minimum Gasteiger partial charge on any atom is -0.493 e. The first-order valence-electron chi connectivity index (χ1n) is 8.50. The maximum atomic E-state index is 12.0. The molecule has 0 saturated heterocycles. The third kappa shape index (κ3) is 6.83. The third-order valence-electron chi connectivity index (χ3n) is 3.88. The Morgan fingerprint density at radius 2 is 1.70 bits per heavy atom. The number of hydrogen-bond donors (Lipinski definition) is 2. The molecule has 0 spiro atoms. The Morgan fingerprint density at radius 3 is 2.41 bits per heavy atom. The Kier molecular flexibility index (Phi) is 7.95. The topological polar surface area (TPSA) is 76.7 Å². The fourth-order valence-electron chi connectivity index (χ4n) is 2.52. The Hall–Kier alpha value is -2.73. The van der Waals surface area contributed by atoms with Gasteiger partial charge in [0, 0.05) is 11.6 Å². The highest BCUT2D eigenvalue weighted by Gasteiger charge is 2.09. The fraction of sp³-hybridized carbons (Fsp3) is 0.300. The zero-order chi connectivity index (χ0) is 19.6. The van der Waals surface area contributed by atoms with Gasteiger partial charge in [-0.05, 0) is 41.8 Å². The molecule has 7 heteroatoms. The average molecular weight is 391 g/mol. The van der Waals surface area contributed by atoms with Crippen LogP contribution in [0.25, 0.3) is 0 Å². The van der Waals surface area contributed by atoms with Crippen LogP contribution in [-0.4, -0.2) is 39.1 Å². The molecule has 0 saturated carbocycles. The van der Waals surface area contributed by atoms with Crippen LogP contribution in [0.5, 0.6) is 11.5 Å². The number of hydrogen-bond acceptors (Lipinski definition) is 4. The van der Waals surface area contributed by atoms with E-state index in [0.717, 1.165) is 11.1 Å². The van der Waals surface area contributed by atoms with Crippen molar-refractivity contribution in [3.8, 4) is 11.5 Å². The Balaban J connectivity index is 1.72.